The van der Waals surface area contributed by atoms with Gasteiger partial charge < -0.3 is 14.0 Å². The van der Waals surface area contributed by atoms with Crippen molar-refractivity contribution in [3.05, 3.63) is 41.7 Å². The number of hydrogen-bond acceptors (Lipinski definition) is 5. The number of aromatic nitrogens is 1. The van der Waals surface area contributed by atoms with Crippen LogP contribution in [-0.2, 0) is 15.7 Å². The second-order valence-corrected chi connectivity index (χ2v) is 4.63. The third-order valence-electron chi connectivity index (χ3n) is 2.93. The van der Waals surface area contributed by atoms with Crippen LogP contribution in [0, 0.1) is 0 Å². The quantitative estimate of drug-likeness (QED) is 0.599. The summed E-state index contributed by atoms with van der Waals surface area (Å²) in [6.45, 7) is 0.715. The third-order valence-corrected chi connectivity index (χ3v) is 2.93. The molecule has 1 aromatic carbocycles. The molecule has 0 bridgehead atoms. The molecular weight excluding hydrogens is 315 g/mol. The normalized spacial score (nSPS) is 11.5. The molecule has 2 rings (SSSR count). The van der Waals surface area contributed by atoms with Crippen LogP contribution in [0.4, 0.5) is 13.2 Å². The molecule has 0 aliphatic carbocycles. The van der Waals surface area contributed by atoms with E-state index in [0.717, 1.165) is 6.07 Å². The van der Waals surface area contributed by atoms with Gasteiger partial charge in [-0.3, -0.25) is 0 Å². The van der Waals surface area contributed by atoms with E-state index in [2.05, 4.69) is 9.68 Å². The molecule has 0 atom stereocenters. The predicted octanol–water partition coefficient (Wildman–Crippen LogP) is 3.55. The van der Waals surface area contributed by atoms with Crippen molar-refractivity contribution in [3.63, 3.8) is 0 Å². The first-order valence-corrected chi connectivity index (χ1v) is 6.72. The lowest BCUT2D eigenvalue weighted by Crippen LogP contribution is -2.07. The average molecular weight is 329 g/mol. The number of ether oxygens (including phenoxy) is 2. The molecule has 5 nitrogen and oxygen atoms in total. The Hall–Kier alpha value is -2.35. The number of halogens is 3. The van der Waals surface area contributed by atoms with Crippen LogP contribution in [0.3, 0.4) is 0 Å². The summed E-state index contributed by atoms with van der Waals surface area (Å²) >= 11 is 0. The molecule has 0 fully saturated rings. The number of rotatable bonds is 6. The summed E-state index contributed by atoms with van der Waals surface area (Å²) in [7, 11) is 1.55. The van der Waals surface area contributed by atoms with Gasteiger partial charge in [0, 0.05) is 31.8 Å². The van der Waals surface area contributed by atoms with Crippen LogP contribution in [0.1, 0.15) is 22.5 Å². The Balaban J connectivity index is 2.02. The lowest BCUT2D eigenvalue weighted by molar-refractivity contribution is -0.155. The summed E-state index contributed by atoms with van der Waals surface area (Å²) in [5.74, 6) is -1.68. The molecule has 8 heteroatoms. The summed E-state index contributed by atoms with van der Waals surface area (Å²) in [6, 6.07) is 6.66. The van der Waals surface area contributed by atoms with E-state index in [0.29, 0.717) is 24.2 Å². The van der Waals surface area contributed by atoms with Crippen molar-refractivity contribution < 1.29 is 32.0 Å². The summed E-state index contributed by atoms with van der Waals surface area (Å²) in [5.41, 5.74) is 0.739. The standard InChI is InChI=1S/C15H14F3NO4/c1-21-7-2-8-22-14(20)11-5-3-10(4-6-11)12-9-13(23-19-12)15(16,17)18/h3-6,9H,2,7-8H2,1H3. The van der Waals surface area contributed by atoms with Gasteiger partial charge in [-0.25, -0.2) is 4.79 Å². The maximum absolute atomic E-state index is 12.5. The van der Waals surface area contributed by atoms with Crippen LogP contribution in [0.2, 0.25) is 0 Å². The van der Waals surface area contributed by atoms with Gasteiger partial charge in [-0.1, -0.05) is 17.3 Å². The van der Waals surface area contributed by atoms with Gasteiger partial charge in [0.2, 0.25) is 5.76 Å². The van der Waals surface area contributed by atoms with Gasteiger partial charge in [0.25, 0.3) is 0 Å². The molecule has 1 aromatic heterocycles. The van der Waals surface area contributed by atoms with Crippen molar-refractivity contribution in [2.24, 2.45) is 0 Å². The van der Waals surface area contributed by atoms with Gasteiger partial charge in [-0.15, -0.1) is 0 Å². The zero-order chi connectivity index (χ0) is 16.9. The highest BCUT2D eigenvalue weighted by Crippen LogP contribution is 2.32. The zero-order valence-corrected chi connectivity index (χ0v) is 12.2. The Kier molecular flexibility index (Phi) is 5.38. The molecule has 0 N–H and O–H groups in total. The summed E-state index contributed by atoms with van der Waals surface area (Å²) < 4.78 is 51.5. The van der Waals surface area contributed by atoms with Gasteiger partial charge >= 0.3 is 12.1 Å². The Labute approximate surface area is 130 Å². The largest absolute Gasteiger partial charge is 0.462 e. The molecule has 0 aliphatic rings. The van der Waals surface area contributed by atoms with Crippen molar-refractivity contribution in [3.8, 4) is 11.3 Å². The van der Waals surface area contributed by atoms with Crippen molar-refractivity contribution >= 4 is 5.97 Å². The third kappa shape index (κ3) is 4.56. The van der Waals surface area contributed by atoms with Crippen molar-refractivity contribution in [1.82, 2.24) is 5.16 Å². The van der Waals surface area contributed by atoms with Crippen LogP contribution >= 0.6 is 0 Å². The molecule has 0 unspecified atom stereocenters. The van der Waals surface area contributed by atoms with Gasteiger partial charge in [0.15, 0.2) is 0 Å². The van der Waals surface area contributed by atoms with E-state index in [1.165, 1.54) is 24.3 Å². The monoisotopic (exact) mass is 329 g/mol. The zero-order valence-electron chi connectivity index (χ0n) is 12.2. The highest BCUT2D eigenvalue weighted by molar-refractivity contribution is 5.90. The number of esters is 1. The van der Waals surface area contributed by atoms with E-state index >= 15 is 0 Å². The minimum atomic E-state index is -4.59. The first-order valence-electron chi connectivity index (χ1n) is 6.72. The number of alkyl halides is 3. The fourth-order valence-electron chi connectivity index (χ4n) is 1.77. The fraction of sp³-hybridized carbons (Fsp3) is 0.333. The maximum Gasteiger partial charge on any atom is 0.452 e. The first kappa shape index (κ1) is 17.0. The molecular formula is C15H14F3NO4. The molecule has 0 saturated carbocycles. The van der Waals surface area contributed by atoms with Crippen molar-refractivity contribution in [2.45, 2.75) is 12.6 Å². The van der Waals surface area contributed by atoms with Crippen LogP contribution in [0.25, 0.3) is 11.3 Å². The molecule has 23 heavy (non-hydrogen) atoms. The van der Waals surface area contributed by atoms with Crippen LogP contribution in [0.5, 0.6) is 0 Å². The molecule has 2 aromatic rings. The molecule has 0 amide bonds. The maximum atomic E-state index is 12.5. The van der Waals surface area contributed by atoms with E-state index in [-0.39, 0.29) is 12.3 Å². The van der Waals surface area contributed by atoms with E-state index < -0.39 is 17.9 Å². The van der Waals surface area contributed by atoms with E-state index in [1.807, 2.05) is 0 Å². The van der Waals surface area contributed by atoms with Crippen LogP contribution < -0.4 is 0 Å². The van der Waals surface area contributed by atoms with Gasteiger partial charge in [0.05, 0.1) is 12.2 Å². The lowest BCUT2D eigenvalue weighted by atomic mass is 10.1. The number of hydrogen-bond donors (Lipinski definition) is 0. The molecule has 1 heterocycles. The Morgan fingerprint density at radius 2 is 1.91 bits per heavy atom. The van der Waals surface area contributed by atoms with E-state index in [1.54, 1.807) is 7.11 Å². The highest BCUT2D eigenvalue weighted by Gasteiger charge is 2.36. The number of methoxy groups -OCH3 is 1. The first-order chi connectivity index (χ1) is 10.9. The van der Waals surface area contributed by atoms with Gasteiger partial charge in [-0.2, -0.15) is 13.2 Å². The second kappa shape index (κ2) is 7.28. The molecule has 0 aliphatic heterocycles. The SMILES string of the molecule is COCCCOC(=O)c1ccc(-c2cc(C(F)(F)F)on2)cc1. The number of benzene rings is 1. The van der Waals surface area contributed by atoms with Crippen molar-refractivity contribution in [2.75, 3.05) is 20.3 Å². The summed E-state index contributed by atoms with van der Waals surface area (Å²) in [5, 5.41) is 3.37. The van der Waals surface area contributed by atoms with Gasteiger partial charge in [0.1, 0.15) is 5.69 Å². The summed E-state index contributed by atoms with van der Waals surface area (Å²) in [4.78, 5) is 11.7. The number of carbonyl (C=O) groups is 1. The molecule has 0 spiro atoms. The molecule has 0 saturated heterocycles. The molecule has 0 radical (unpaired) electrons. The minimum absolute atomic E-state index is 0.0392. The summed E-state index contributed by atoms with van der Waals surface area (Å²) in [6.07, 6.45) is -4.00. The number of nitrogens with zero attached hydrogens (tertiary/aromatic N) is 1. The topological polar surface area (TPSA) is 61.6 Å². The Morgan fingerprint density at radius 1 is 1.22 bits per heavy atom. The van der Waals surface area contributed by atoms with Gasteiger partial charge in [-0.05, 0) is 12.1 Å². The van der Waals surface area contributed by atoms with Crippen LogP contribution in [-0.4, -0.2) is 31.4 Å². The van der Waals surface area contributed by atoms with E-state index in [4.69, 9.17) is 9.47 Å². The lowest BCUT2D eigenvalue weighted by Gasteiger charge is -2.04. The average Bonchev–Trinajstić information content (AvgIpc) is 3.02. The second-order valence-electron chi connectivity index (χ2n) is 4.63. The fourth-order valence-corrected chi connectivity index (χ4v) is 1.77. The minimum Gasteiger partial charge on any atom is -0.462 e. The van der Waals surface area contributed by atoms with Crippen LogP contribution in [0.15, 0.2) is 34.9 Å². The number of carbonyl (C=O) groups excluding carboxylic acids is 1. The smallest absolute Gasteiger partial charge is 0.452 e. The van der Waals surface area contributed by atoms with Crippen molar-refractivity contribution in [1.29, 1.82) is 0 Å². The molecule has 124 valence electrons. The highest BCUT2D eigenvalue weighted by atomic mass is 19.4. The Morgan fingerprint density at radius 3 is 2.48 bits per heavy atom. The van der Waals surface area contributed by atoms with E-state index in [9.17, 15) is 18.0 Å². The predicted molar refractivity (Wildman–Crippen MR) is 73.7 cm³/mol. The Bertz CT molecular complexity index is 649.